The number of hydrogen-bond acceptors (Lipinski definition) is 3. The second kappa shape index (κ2) is 5.38. The summed E-state index contributed by atoms with van der Waals surface area (Å²) in [6.07, 6.45) is 2.55. The van der Waals surface area contributed by atoms with E-state index in [1.807, 2.05) is 0 Å². The second-order valence-electron chi connectivity index (χ2n) is 2.91. The minimum atomic E-state index is -0.992. The van der Waals surface area contributed by atoms with Crippen LogP contribution in [0.1, 0.15) is 11.1 Å². The molecule has 0 amide bonds. The monoisotopic (exact) mass is 226 g/mol. The molecule has 1 rings (SSSR count). The number of hydrazine groups is 1. The number of benzene rings is 1. The number of rotatable bonds is 4. The Morgan fingerprint density at radius 2 is 2.27 bits per heavy atom. The lowest BCUT2D eigenvalue weighted by atomic mass is 10.1. The van der Waals surface area contributed by atoms with Crippen molar-refractivity contribution in [3.05, 3.63) is 35.4 Å². The van der Waals surface area contributed by atoms with Crippen molar-refractivity contribution >= 4 is 29.3 Å². The third kappa shape index (κ3) is 3.61. The van der Waals surface area contributed by atoms with Gasteiger partial charge in [-0.15, -0.1) is 11.6 Å². The van der Waals surface area contributed by atoms with Crippen molar-refractivity contribution in [3.63, 3.8) is 0 Å². The number of nitrogens with one attached hydrogen (secondary N) is 1. The van der Waals surface area contributed by atoms with Gasteiger partial charge in [0.2, 0.25) is 0 Å². The van der Waals surface area contributed by atoms with Gasteiger partial charge in [0, 0.05) is 17.6 Å². The number of carboxylic acid groups (broad SMARTS) is 1. The largest absolute Gasteiger partial charge is 0.478 e. The van der Waals surface area contributed by atoms with Crippen LogP contribution >= 0.6 is 11.6 Å². The highest BCUT2D eigenvalue weighted by atomic mass is 35.5. The maximum atomic E-state index is 10.3. The van der Waals surface area contributed by atoms with Crippen LogP contribution in [0.25, 0.3) is 6.08 Å². The van der Waals surface area contributed by atoms with E-state index in [9.17, 15) is 4.79 Å². The molecule has 0 saturated carbocycles. The Morgan fingerprint density at radius 1 is 1.53 bits per heavy atom. The second-order valence-corrected chi connectivity index (χ2v) is 3.18. The summed E-state index contributed by atoms with van der Waals surface area (Å²) in [5.41, 5.74) is 4.79. The van der Waals surface area contributed by atoms with E-state index < -0.39 is 5.97 Å². The molecule has 5 heteroatoms. The number of halogens is 1. The summed E-state index contributed by atoms with van der Waals surface area (Å²) in [5.74, 6) is 4.62. The number of carboxylic acids is 1. The highest BCUT2D eigenvalue weighted by Crippen LogP contribution is 2.16. The molecule has 0 aliphatic heterocycles. The van der Waals surface area contributed by atoms with Gasteiger partial charge in [-0.1, -0.05) is 6.07 Å². The molecule has 0 aliphatic rings. The van der Waals surface area contributed by atoms with Crippen LogP contribution in [-0.4, -0.2) is 11.1 Å². The molecule has 0 fully saturated rings. The smallest absolute Gasteiger partial charge is 0.328 e. The maximum Gasteiger partial charge on any atom is 0.328 e. The Morgan fingerprint density at radius 3 is 2.80 bits per heavy atom. The van der Waals surface area contributed by atoms with Gasteiger partial charge >= 0.3 is 5.97 Å². The lowest BCUT2D eigenvalue weighted by Gasteiger charge is -2.04. The van der Waals surface area contributed by atoms with E-state index in [0.717, 1.165) is 17.2 Å². The molecule has 0 aliphatic carbocycles. The van der Waals surface area contributed by atoms with Crippen molar-refractivity contribution < 1.29 is 9.90 Å². The summed E-state index contributed by atoms with van der Waals surface area (Å²) in [7, 11) is 0. The quantitative estimate of drug-likeness (QED) is 0.317. The van der Waals surface area contributed by atoms with Gasteiger partial charge in [0.25, 0.3) is 0 Å². The fraction of sp³-hybridized carbons (Fsp3) is 0.100. The van der Waals surface area contributed by atoms with E-state index in [1.54, 1.807) is 18.2 Å². The van der Waals surface area contributed by atoms with Crippen molar-refractivity contribution in [2.75, 3.05) is 5.43 Å². The summed E-state index contributed by atoms with van der Waals surface area (Å²) in [6.45, 7) is 0. The molecule has 0 aromatic heterocycles. The molecule has 1 aromatic carbocycles. The van der Waals surface area contributed by atoms with E-state index >= 15 is 0 Å². The molecular formula is C10H11ClN2O2. The van der Waals surface area contributed by atoms with Gasteiger partial charge in [-0.05, 0) is 29.3 Å². The molecule has 0 atom stereocenters. The van der Waals surface area contributed by atoms with Crippen LogP contribution in [0.15, 0.2) is 24.3 Å². The van der Waals surface area contributed by atoms with Crippen molar-refractivity contribution in [3.8, 4) is 0 Å². The molecule has 0 spiro atoms. The Kier molecular flexibility index (Phi) is 4.15. The fourth-order valence-corrected chi connectivity index (χ4v) is 1.30. The van der Waals surface area contributed by atoms with Crippen molar-refractivity contribution in [2.24, 2.45) is 5.84 Å². The molecule has 80 valence electrons. The average Bonchev–Trinajstić information content (AvgIpc) is 2.25. The zero-order valence-corrected chi connectivity index (χ0v) is 8.66. The Balaban J connectivity index is 3.01. The first-order chi connectivity index (χ1) is 7.15. The van der Waals surface area contributed by atoms with E-state index in [2.05, 4.69) is 5.43 Å². The molecule has 0 unspecified atom stereocenters. The average molecular weight is 227 g/mol. The van der Waals surface area contributed by atoms with Crippen LogP contribution in [0.5, 0.6) is 0 Å². The van der Waals surface area contributed by atoms with Crippen LogP contribution in [0.2, 0.25) is 0 Å². The number of hydrogen-bond donors (Lipinski definition) is 3. The Labute approximate surface area is 92.3 Å². The molecule has 1 aromatic rings. The SMILES string of the molecule is NNc1cc(C=CC(=O)O)cc(CCl)c1. The molecule has 4 N–H and O–H groups in total. The number of nitrogens with two attached hydrogens (primary N) is 1. The molecule has 0 saturated heterocycles. The summed E-state index contributed by atoms with van der Waals surface area (Å²) in [6, 6.07) is 5.33. The van der Waals surface area contributed by atoms with Crippen molar-refractivity contribution in [1.82, 2.24) is 0 Å². The fourth-order valence-electron chi connectivity index (χ4n) is 1.14. The highest BCUT2D eigenvalue weighted by Gasteiger charge is 1.98. The number of nitrogen functional groups attached to an aromatic ring is 1. The Hall–Kier alpha value is -1.52. The predicted molar refractivity (Wildman–Crippen MR) is 60.5 cm³/mol. The summed E-state index contributed by atoms with van der Waals surface area (Å²) >= 11 is 5.68. The normalized spacial score (nSPS) is 10.5. The van der Waals surface area contributed by atoms with E-state index in [0.29, 0.717) is 11.6 Å². The van der Waals surface area contributed by atoms with E-state index in [-0.39, 0.29) is 0 Å². The third-order valence-electron chi connectivity index (χ3n) is 1.75. The topological polar surface area (TPSA) is 75.3 Å². The predicted octanol–water partition coefficient (Wildman–Crippen LogP) is 1.81. The van der Waals surface area contributed by atoms with Crippen LogP contribution in [0.4, 0.5) is 5.69 Å². The molecule has 0 heterocycles. The van der Waals surface area contributed by atoms with Crippen LogP contribution in [0, 0.1) is 0 Å². The molecule has 4 nitrogen and oxygen atoms in total. The van der Waals surface area contributed by atoms with Gasteiger partial charge in [-0.2, -0.15) is 0 Å². The van der Waals surface area contributed by atoms with Gasteiger partial charge in [0.15, 0.2) is 0 Å². The van der Waals surface area contributed by atoms with Crippen LogP contribution in [0.3, 0.4) is 0 Å². The zero-order chi connectivity index (χ0) is 11.3. The van der Waals surface area contributed by atoms with Gasteiger partial charge in [-0.3, -0.25) is 5.84 Å². The Bertz CT molecular complexity index is 369. The van der Waals surface area contributed by atoms with E-state index in [1.165, 1.54) is 6.08 Å². The molecule has 0 radical (unpaired) electrons. The number of anilines is 1. The lowest BCUT2D eigenvalue weighted by molar-refractivity contribution is -0.131. The minimum Gasteiger partial charge on any atom is -0.478 e. The molecule has 0 bridgehead atoms. The highest BCUT2D eigenvalue weighted by molar-refractivity contribution is 6.17. The number of alkyl halides is 1. The first-order valence-electron chi connectivity index (χ1n) is 4.23. The summed E-state index contributed by atoms with van der Waals surface area (Å²) in [4.78, 5) is 10.3. The van der Waals surface area contributed by atoms with Crippen LogP contribution < -0.4 is 11.3 Å². The van der Waals surface area contributed by atoms with Crippen molar-refractivity contribution in [2.45, 2.75) is 5.88 Å². The zero-order valence-electron chi connectivity index (χ0n) is 7.90. The van der Waals surface area contributed by atoms with Crippen LogP contribution in [-0.2, 0) is 10.7 Å². The maximum absolute atomic E-state index is 10.3. The first kappa shape index (κ1) is 11.6. The molecular weight excluding hydrogens is 216 g/mol. The summed E-state index contributed by atoms with van der Waals surface area (Å²) < 4.78 is 0. The van der Waals surface area contributed by atoms with E-state index in [4.69, 9.17) is 22.6 Å². The first-order valence-corrected chi connectivity index (χ1v) is 4.76. The lowest BCUT2D eigenvalue weighted by Crippen LogP contribution is -2.07. The van der Waals surface area contributed by atoms with Gasteiger partial charge < -0.3 is 10.5 Å². The van der Waals surface area contributed by atoms with Crippen molar-refractivity contribution in [1.29, 1.82) is 0 Å². The van der Waals surface area contributed by atoms with Gasteiger partial charge in [0.1, 0.15) is 0 Å². The standard InChI is InChI=1S/C10H11ClN2O2/c11-6-8-3-7(1-2-10(14)15)4-9(5-8)13-12/h1-5,13H,6,12H2,(H,14,15). The summed E-state index contributed by atoms with van der Waals surface area (Å²) in [5, 5.41) is 8.47. The minimum absolute atomic E-state index is 0.351. The molecule has 15 heavy (non-hydrogen) atoms. The van der Waals surface area contributed by atoms with Gasteiger partial charge in [0.05, 0.1) is 0 Å². The number of aliphatic carboxylic acids is 1. The third-order valence-corrected chi connectivity index (χ3v) is 2.06. The van der Waals surface area contributed by atoms with Gasteiger partial charge in [-0.25, -0.2) is 4.79 Å². The number of carbonyl (C=O) groups is 1.